The molecule has 0 spiro atoms. The molecule has 3 amide bonds. The Labute approximate surface area is 174 Å². The molecule has 0 radical (unpaired) electrons. The largest absolute Gasteiger partial charge is 0.354 e. The lowest BCUT2D eigenvalue weighted by atomic mass is 9.97. The summed E-state index contributed by atoms with van der Waals surface area (Å²) in [6.45, 7) is 4.77. The van der Waals surface area contributed by atoms with E-state index in [0.717, 1.165) is 10.5 Å². The van der Waals surface area contributed by atoms with Crippen molar-refractivity contribution in [2.45, 2.75) is 55.8 Å². The van der Waals surface area contributed by atoms with Gasteiger partial charge >= 0.3 is 0 Å². The molecule has 3 rings (SSSR count). The van der Waals surface area contributed by atoms with Crippen molar-refractivity contribution in [1.82, 2.24) is 15.5 Å². The summed E-state index contributed by atoms with van der Waals surface area (Å²) in [5.41, 5.74) is 1.01. The Morgan fingerprint density at radius 1 is 1.28 bits per heavy atom. The SMILES string of the molecule is CC(NC(=O)C1N2C(=O)CC2S(=O)(=O)C1(C)C)C(=O)NCCc1ccc(Cl)cc1. The van der Waals surface area contributed by atoms with Crippen LogP contribution in [0.1, 0.15) is 32.8 Å². The van der Waals surface area contributed by atoms with Gasteiger partial charge in [-0.15, -0.1) is 0 Å². The van der Waals surface area contributed by atoms with Crippen molar-refractivity contribution < 1.29 is 22.8 Å². The summed E-state index contributed by atoms with van der Waals surface area (Å²) in [7, 11) is -3.66. The van der Waals surface area contributed by atoms with E-state index >= 15 is 0 Å². The zero-order valence-electron chi connectivity index (χ0n) is 16.4. The third-order valence-corrected chi connectivity index (χ3v) is 8.65. The molecule has 2 N–H and O–H groups in total. The number of hydrogen-bond donors (Lipinski definition) is 2. The molecule has 2 fully saturated rings. The lowest BCUT2D eigenvalue weighted by Crippen LogP contribution is -2.61. The number of fused-ring (bicyclic) bond motifs is 1. The summed E-state index contributed by atoms with van der Waals surface area (Å²) < 4.78 is 23.8. The number of β-lactam (4-membered cyclic amide) rings is 1. The second kappa shape index (κ2) is 7.60. The standard InChI is InChI=1S/C19H24ClN3O5S/c1-11(17(25)21-9-8-12-4-6-13(20)7-5-12)22-18(26)16-19(2,3)29(27,28)15-10-14(24)23(15)16/h4-7,11,15-16H,8-10H2,1-3H3,(H,21,25)(H,22,26). The molecule has 0 aliphatic carbocycles. The quantitative estimate of drug-likeness (QED) is 0.629. The number of carbonyl (C=O) groups excluding carboxylic acids is 3. The van der Waals surface area contributed by atoms with E-state index in [0.29, 0.717) is 18.0 Å². The van der Waals surface area contributed by atoms with Gasteiger partial charge in [0.05, 0.1) is 11.2 Å². The van der Waals surface area contributed by atoms with E-state index in [9.17, 15) is 22.8 Å². The zero-order chi connectivity index (χ0) is 21.6. The molecule has 1 aromatic carbocycles. The molecule has 1 aromatic rings. The molecule has 0 bridgehead atoms. The van der Waals surface area contributed by atoms with E-state index < -0.39 is 43.9 Å². The Kier molecular flexibility index (Phi) is 5.66. The minimum atomic E-state index is -3.66. The summed E-state index contributed by atoms with van der Waals surface area (Å²) in [5.74, 6) is -1.41. The van der Waals surface area contributed by atoms with Crippen molar-refractivity contribution in [2.75, 3.05) is 6.54 Å². The number of hydrogen-bond acceptors (Lipinski definition) is 5. The fourth-order valence-corrected chi connectivity index (χ4v) is 6.01. The first-order chi connectivity index (χ1) is 13.5. The lowest BCUT2D eigenvalue weighted by Gasteiger charge is -2.37. The topological polar surface area (TPSA) is 113 Å². The highest BCUT2D eigenvalue weighted by atomic mass is 35.5. The van der Waals surface area contributed by atoms with Gasteiger partial charge in [-0.2, -0.15) is 0 Å². The number of nitrogens with zero attached hydrogens (tertiary/aromatic N) is 1. The number of carbonyl (C=O) groups is 3. The third-order valence-electron chi connectivity index (χ3n) is 5.60. The molecule has 2 aliphatic heterocycles. The van der Waals surface area contributed by atoms with E-state index in [1.165, 1.54) is 20.8 Å². The predicted octanol–water partition coefficient (Wildman–Crippen LogP) is 0.637. The highest BCUT2D eigenvalue weighted by molar-refractivity contribution is 7.93. The number of amides is 3. The zero-order valence-corrected chi connectivity index (χ0v) is 18.0. The maximum Gasteiger partial charge on any atom is 0.245 e. The second-order valence-corrected chi connectivity index (χ2v) is 11.0. The summed E-state index contributed by atoms with van der Waals surface area (Å²) in [6.07, 6.45) is 0.498. The molecule has 3 unspecified atom stereocenters. The van der Waals surface area contributed by atoms with Crippen molar-refractivity contribution in [3.8, 4) is 0 Å². The van der Waals surface area contributed by atoms with E-state index in [1.807, 2.05) is 12.1 Å². The maximum atomic E-state index is 12.8. The first-order valence-corrected chi connectivity index (χ1v) is 11.3. The van der Waals surface area contributed by atoms with Crippen molar-refractivity contribution in [3.05, 3.63) is 34.9 Å². The van der Waals surface area contributed by atoms with Crippen molar-refractivity contribution in [2.24, 2.45) is 0 Å². The Morgan fingerprint density at radius 3 is 2.48 bits per heavy atom. The minimum absolute atomic E-state index is 0.101. The van der Waals surface area contributed by atoms with Gasteiger partial charge in [0, 0.05) is 11.6 Å². The van der Waals surface area contributed by atoms with Gasteiger partial charge in [0.25, 0.3) is 0 Å². The Morgan fingerprint density at radius 2 is 1.90 bits per heavy atom. The highest BCUT2D eigenvalue weighted by Gasteiger charge is 2.67. The van der Waals surface area contributed by atoms with E-state index in [-0.39, 0.29) is 12.3 Å². The number of halogens is 1. The average Bonchev–Trinajstić information content (AvgIpc) is 2.76. The smallest absolute Gasteiger partial charge is 0.245 e. The van der Waals surface area contributed by atoms with Gasteiger partial charge in [0.15, 0.2) is 9.84 Å². The monoisotopic (exact) mass is 441 g/mol. The summed E-state index contributed by atoms with van der Waals surface area (Å²) in [6, 6.07) is 5.24. The van der Waals surface area contributed by atoms with Crippen LogP contribution in [-0.4, -0.2) is 59.8 Å². The molecule has 8 nitrogen and oxygen atoms in total. The van der Waals surface area contributed by atoms with Gasteiger partial charge in [-0.1, -0.05) is 23.7 Å². The molecule has 0 saturated carbocycles. The molecular formula is C19H24ClN3O5S. The number of rotatable bonds is 6. The minimum Gasteiger partial charge on any atom is -0.354 e. The van der Waals surface area contributed by atoms with Crippen LogP contribution in [0.3, 0.4) is 0 Å². The highest BCUT2D eigenvalue weighted by Crippen LogP contribution is 2.45. The summed E-state index contributed by atoms with van der Waals surface area (Å²) >= 11 is 5.84. The summed E-state index contributed by atoms with van der Waals surface area (Å²) in [5, 5.41) is 4.96. The van der Waals surface area contributed by atoms with Crippen LogP contribution >= 0.6 is 11.6 Å². The number of benzene rings is 1. The normalized spacial score (nSPS) is 25.0. The van der Waals surface area contributed by atoms with Gasteiger partial charge in [-0.25, -0.2) is 8.42 Å². The lowest BCUT2D eigenvalue weighted by molar-refractivity contribution is -0.150. The van der Waals surface area contributed by atoms with Crippen molar-refractivity contribution in [3.63, 3.8) is 0 Å². The number of nitrogens with one attached hydrogen (secondary N) is 2. The molecule has 2 aliphatic rings. The molecule has 3 atom stereocenters. The van der Waals surface area contributed by atoms with Crippen LogP contribution in [0.5, 0.6) is 0 Å². The molecule has 2 heterocycles. The molecular weight excluding hydrogens is 418 g/mol. The van der Waals surface area contributed by atoms with Crippen LogP contribution in [0, 0.1) is 0 Å². The predicted molar refractivity (Wildman–Crippen MR) is 108 cm³/mol. The van der Waals surface area contributed by atoms with Crippen LogP contribution < -0.4 is 10.6 Å². The first-order valence-electron chi connectivity index (χ1n) is 9.34. The van der Waals surface area contributed by atoms with Crippen molar-refractivity contribution in [1.29, 1.82) is 0 Å². The average molecular weight is 442 g/mol. The van der Waals surface area contributed by atoms with Gasteiger partial charge < -0.3 is 15.5 Å². The first kappa shape index (κ1) is 21.6. The van der Waals surface area contributed by atoms with Crippen LogP contribution in [0.15, 0.2) is 24.3 Å². The Hall–Kier alpha value is -2.13. The fourth-order valence-electron chi connectivity index (χ4n) is 3.75. The van der Waals surface area contributed by atoms with E-state index in [2.05, 4.69) is 10.6 Å². The molecule has 29 heavy (non-hydrogen) atoms. The Bertz CT molecular complexity index is 945. The van der Waals surface area contributed by atoms with Gasteiger partial charge in [0.1, 0.15) is 17.5 Å². The third kappa shape index (κ3) is 3.73. The number of sulfone groups is 1. The van der Waals surface area contributed by atoms with E-state index in [4.69, 9.17) is 11.6 Å². The van der Waals surface area contributed by atoms with Crippen LogP contribution in [0.25, 0.3) is 0 Å². The maximum absolute atomic E-state index is 12.8. The van der Waals surface area contributed by atoms with Crippen LogP contribution in [0.4, 0.5) is 0 Å². The van der Waals surface area contributed by atoms with Crippen molar-refractivity contribution >= 4 is 39.2 Å². The molecule has 2 saturated heterocycles. The van der Waals surface area contributed by atoms with Gasteiger partial charge in [0.2, 0.25) is 17.7 Å². The second-order valence-electron chi connectivity index (χ2n) is 7.91. The van der Waals surface area contributed by atoms with Crippen LogP contribution in [0.2, 0.25) is 5.02 Å². The molecule has 0 aromatic heterocycles. The van der Waals surface area contributed by atoms with Gasteiger partial charge in [-0.05, 0) is 44.9 Å². The van der Waals surface area contributed by atoms with Gasteiger partial charge in [-0.3, -0.25) is 14.4 Å². The van der Waals surface area contributed by atoms with Crippen LogP contribution in [-0.2, 0) is 30.6 Å². The Balaban J connectivity index is 1.57. The van der Waals surface area contributed by atoms with E-state index in [1.54, 1.807) is 12.1 Å². The summed E-state index contributed by atoms with van der Waals surface area (Å²) in [4.78, 5) is 38.1. The molecule has 10 heteroatoms. The fraction of sp³-hybridized carbons (Fsp3) is 0.526. The molecule has 158 valence electrons.